The molecule has 0 aliphatic rings. The normalized spacial score (nSPS) is 13.0. The summed E-state index contributed by atoms with van der Waals surface area (Å²) in [6.45, 7) is 4.85. The fraction of sp³-hybridized carbons (Fsp3) is 0.444. The number of hydrogen-bond donors (Lipinski definition) is 1. The van der Waals surface area contributed by atoms with Crippen molar-refractivity contribution in [3.63, 3.8) is 0 Å². The number of pyridine rings is 1. The molecule has 1 heterocycles. The summed E-state index contributed by atoms with van der Waals surface area (Å²) in [7, 11) is 0. The molecular weight excluding hydrogens is 216 g/mol. The summed E-state index contributed by atoms with van der Waals surface area (Å²) in [5.74, 6) is 0.384. The number of halogens is 1. The number of hydrogen-bond acceptors (Lipinski definition) is 2. The van der Waals surface area contributed by atoms with E-state index >= 15 is 0 Å². The second-order valence-electron chi connectivity index (χ2n) is 2.97. The smallest absolute Gasteiger partial charge is 0.0413 e. The number of nitrogens with zero attached hydrogens (tertiary/aromatic N) is 1. The van der Waals surface area contributed by atoms with Gasteiger partial charge in [-0.15, -0.1) is 0 Å². The lowest BCUT2D eigenvalue weighted by molar-refractivity contribution is 0.761. The molecule has 3 heteroatoms. The Morgan fingerprint density at radius 2 is 2.25 bits per heavy atom. The molecule has 1 atom stereocenters. The third kappa shape index (κ3) is 1.84. The van der Waals surface area contributed by atoms with Crippen LogP contribution in [-0.4, -0.2) is 11.5 Å². The minimum atomic E-state index is 0.384. The van der Waals surface area contributed by atoms with Crippen LogP contribution < -0.4 is 5.73 Å². The average Bonchev–Trinajstić information content (AvgIpc) is 2.08. The summed E-state index contributed by atoms with van der Waals surface area (Å²) in [6.07, 6.45) is 3.69. The van der Waals surface area contributed by atoms with Gasteiger partial charge in [-0.05, 0) is 46.4 Å². The average molecular weight is 229 g/mol. The van der Waals surface area contributed by atoms with E-state index in [9.17, 15) is 0 Å². The van der Waals surface area contributed by atoms with Gasteiger partial charge in [0.15, 0.2) is 0 Å². The van der Waals surface area contributed by atoms with Gasteiger partial charge >= 0.3 is 0 Å². The Morgan fingerprint density at radius 1 is 1.58 bits per heavy atom. The molecule has 0 radical (unpaired) electrons. The summed E-state index contributed by atoms with van der Waals surface area (Å²) in [4.78, 5) is 4.11. The van der Waals surface area contributed by atoms with Crippen LogP contribution in [0.1, 0.15) is 24.0 Å². The Kier molecular flexibility index (Phi) is 3.23. The summed E-state index contributed by atoms with van der Waals surface area (Å²) in [5, 5.41) is 0. The number of aromatic nitrogens is 1. The highest BCUT2D eigenvalue weighted by Gasteiger charge is 2.08. The molecule has 0 spiro atoms. The van der Waals surface area contributed by atoms with E-state index in [2.05, 4.69) is 34.8 Å². The van der Waals surface area contributed by atoms with Crippen LogP contribution in [0.15, 0.2) is 16.9 Å². The first-order valence-electron chi connectivity index (χ1n) is 3.97. The number of nitrogens with two attached hydrogens (primary N) is 1. The zero-order valence-electron chi connectivity index (χ0n) is 7.34. The van der Waals surface area contributed by atoms with Crippen molar-refractivity contribution in [3.8, 4) is 0 Å². The van der Waals surface area contributed by atoms with Gasteiger partial charge < -0.3 is 5.73 Å². The summed E-state index contributed by atoms with van der Waals surface area (Å²) in [6, 6.07) is 0. The highest BCUT2D eigenvalue weighted by atomic mass is 79.9. The van der Waals surface area contributed by atoms with E-state index in [1.807, 2.05) is 12.4 Å². The zero-order valence-corrected chi connectivity index (χ0v) is 8.93. The van der Waals surface area contributed by atoms with Crippen LogP contribution >= 0.6 is 15.9 Å². The Balaban J connectivity index is 3.07. The lowest BCUT2D eigenvalue weighted by Crippen LogP contribution is -2.10. The van der Waals surface area contributed by atoms with Crippen molar-refractivity contribution < 1.29 is 0 Å². The SMILES string of the molecule is Cc1c(Br)cncc1C(C)CN. The molecule has 2 N–H and O–H groups in total. The van der Waals surface area contributed by atoms with Crippen molar-refractivity contribution >= 4 is 15.9 Å². The van der Waals surface area contributed by atoms with E-state index < -0.39 is 0 Å². The maximum Gasteiger partial charge on any atom is 0.0413 e. The van der Waals surface area contributed by atoms with E-state index in [4.69, 9.17) is 5.73 Å². The van der Waals surface area contributed by atoms with E-state index in [1.165, 1.54) is 11.1 Å². The monoisotopic (exact) mass is 228 g/mol. The Hall–Kier alpha value is -0.410. The van der Waals surface area contributed by atoms with Crippen LogP contribution in [0.5, 0.6) is 0 Å². The first-order valence-corrected chi connectivity index (χ1v) is 4.76. The summed E-state index contributed by atoms with van der Waals surface area (Å²) >= 11 is 3.44. The number of rotatable bonds is 2. The second-order valence-corrected chi connectivity index (χ2v) is 3.83. The summed E-state index contributed by atoms with van der Waals surface area (Å²) in [5.41, 5.74) is 8.05. The van der Waals surface area contributed by atoms with Crippen molar-refractivity contribution in [1.29, 1.82) is 0 Å². The molecule has 1 rings (SSSR count). The van der Waals surface area contributed by atoms with Crippen LogP contribution in [0.4, 0.5) is 0 Å². The van der Waals surface area contributed by atoms with Crippen molar-refractivity contribution in [2.75, 3.05) is 6.54 Å². The topological polar surface area (TPSA) is 38.9 Å². The van der Waals surface area contributed by atoms with Crippen LogP contribution in [0.25, 0.3) is 0 Å². The second kappa shape index (κ2) is 4.01. The molecule has 66 valence electrons. The van der Waals surface area contributed by atoms with Gasteiger partial charge in [0.25, 0.3) is 0 Å². The van der Waals surface area contributed by atoms with E-state index in [0.717, 1.165) is 4.47 Å². The minimum absolute atomic E-state index is 0.384. The predicted octanol–water partition coefficient (Wildman–Crippen LogP) is 2.21. The maximum absolute atomic E-state index is 5.58. The molecule has 0 bridgehead atoms. The Morgan fingerprint density at radius 3 is 2.83 bits per heavy atom. The van der Waals surface area contributed by atoms with Gasteiger partial charge in [0.05, 0.1) is 0 Å². The van der Waals surface area contributed by atoms with Crippen LogP contribution in [0, 0.1) is 6.92 Å². The molecule has 12 heavy (non-hydrogen) atoms. The van der Waals surface area contributed by atoms with Gasteiger partial charge in [-0.3, -0.25) is 4.98 Å². The maximum atomic E-state index is 5.58. The van der Waals surface area contributed by atoms with Gasteiger partial charge in [-0.25, -0.2) is 0 Å². The predicted molar refractivity (Wildman–Crippen MR) is 54.1 cm³/mol. The highest BCUT2D eigenvalue weighted by molar-refractivity contribution is 9.10. The van der Waals surface area contributed by atoms with Crippen LogP contribution in [0.3, 0.4) is 0 Å². The third-order valence-corrected chi connectivity index (χ3v) is 2.88. The van der Waals surface area contributed by atoms with Gasteiger partial charge in [0.2, 0.25) is 0 Å². The Labute approximate surface area is 81.3 Å². The highest BCUT2D eigenvalue weighted by Crippen LogP contribution is 2.23. The van der Waals surface area contributed by atoms with Crippen molar-refractivity contribution in [2.45, 2.75) is 19.8 Å². The molecule has 0 fully saturated rings. The first kappa shape index (κ1) is 9.68. The van der Waals surface area contributed by atoms with E-state index in [-0.39, 0.29) is 0 Å². The van der Waals surface area contributed by atoms with Crippen LogP contribution in [0.2, 0.25) is 0 Å². The van der Waals surface area contributed by atoms with Crippen molar-refractivity contribution in [2.24, 2.45) is 5.73 Å². The fourth-order valence-corrected chi connectivity index (χ4v) is 1.49. The van der Waals surface area contributed by atoms with Crippen LogP contribution in [-0.2, 0) is 0 Å². The molecule has 0 saturated heterocycles. The molecule has 1 aromatic heterocycles. The quantitative estimate of drug-likeness (QED) is 0.844. The molecule has 0 aromatic carbocycles. The van der Waals surface area contributed by atoms with E-state index in [1.54, 1.807) is 0 Å². The molecule has 0 aliphatic carbocycles. The fourth-order valence-electron chi connectivity index (χ4n) is 1.14. The minimum Gasteiger partial charge on any atom is -0.330 e. The van der Waals surface area contributed by atoms with Gasteiger partial charge in [-0.2, -0.15) is 0 Å². The lowest BCUT2D eigenvalue weighted by Gasteiger charge is -2.12. The van der Waals surface area contributed by atoms with Crippen molar-refractivity contribution in [3.05, 3.63) is 28.0 Å². The third-order valence-electron chi connectivity index (χ3n) is 2.08. The van der Waals surface area contributed by atoms with Crippen molar-refractivity contribution in [1.82, 2.24) is 4.98 Å². The molecule has 0 aliphatic heterocycles. The van der Waals surface area contributed by atoms with Gasteiger partial charge in [0.1, 0.15) is 0 Å². The lowest BCUT2D eigenvalue weighted by atomic mass is 9.99. The van der Waals surface area contributed by atoms with Gasteiger partial charge in [0, 0.05) is 16.9 Å². The molecule has 0 saturated carbocycles. The Bertz CT molecular complexity index is 273. The molecule has 1 unspecified atom stereocenters. The summed E-state index contributed by atoms with van der Waals surface area (Å²) < 4.78 is 1.06. The standard InChI is InChI=1S/C9H13BrN2/c1-6(3-11)8-4-12-5-9(10)7(8)2/h4-6H,3,11H2,1-2H3. The van der Waals surface area contributed by atoms with Gasteiger partial charge in [-0.1, -0.05) is 6.92 Å². The first-order chi connectivity index (χ1) is 5.66. The molecule has 1 aromatic rings. The van der Waals surface area contributed by atoms with E-state index in [0.29, 0.717) is 12.5 Å². The largest absolute Gasteiger partial charge is 0.330 e. The zero-order chi connectivity index (χ0) is 9.14. The molecule has 0 amide bonds. The molecular formula is C9H13BrN2. The molecule has 2 nitrogen and oxygen atoms in total.